The normalized spacial score (nSPS) is 10.9. The molecular weight excluding hydrogens is 603 g/mol. The van der Waals surface area contributed by atoms with Gasteiger partial charge in [0.2, 0.25) is 0 Å². The molecule has 10 heteroatoms. The van der Waals surface area contributed by atoms with Crippen LogP contribution in [-0.2, 0) is 4.79 Å². The third kappa shape index (κ3) is 6.50. The van der Waals surface area contributed by atoms with Gasteiger partial charge in [0.15, 0.2) is 6.61 Å². The first kappa shape index (κ1) is 25.0. The Bertz CT molecular complexity index is 1390. The van der Waals surface area contributed by atoms with Gasteiger partial charge in [0.05, 0.1) is 18.3 Å². The second-order valence-corrected chi connectivity index (χ2v) is 9.78. The molecule has 0 bridgehead atoms. The zero-order valence-electron chi connectivity index (χ0n) is 18.3. The number of hydrogen-bond acceptors (Lipinski definition) is 7. The molecule has 0 atom stereocenters. The van der Waals surface area contributed by atoms with Crippen molar-refractivity contribution in [3.8, 4) is 17.2 Å². The van der Waals surface area contributed by atoms with Crippen LogP contribution in [0.4, 0.5) is 0 Å². The van der Waals surface area contributed by atoms with E-state index in [9.17, 15) is 9.59 Å². The largest absolute Gasteiger partial charge is 0.497 e. The minimum Gasteiger partial charge on any atom is -0.497 e. The number of esters is 1. The molecule has 0 aliphatic carbocycles. The third-order valence-corrected chi connectivity index (χ3v) is 7.06. The number of halogens is 2. The molecular formula is C25H18ClIN2O5S. The number of nitrogens with one attached hydrogen (secondary N) is 1. The lowest BCUT2D eigenvalue weighted by molar-refractivity contribution is -0.123. The number of carbonyl (C=O) groups is 2. The summed E-state index contributed by atoms with van der Waals surface area (Å²) >= 11 is 9.83. The highest BCUT2D eigenvalue weighted by atomic mass is 127. The van der Waals surface area contributed by atoms with E-state index in [1.807, 2.05) is 24.3 Å². The second-order valence-electron chi connectivity index (χ2n) is 7.10. The Hall–Kier alpha value is -3.15. The summed E-state index contributed by atoms with van der Waals surface area (Å²) in [5.41, 5.74) is 3.11. The summed E-state index contributed by atoms with van der Waals surface area (Å²) < 4.78 is 18.0. The van der Waals surface area contributed by atoms with Gasteiger partial charge in [-0.3, -0.25) is 4.79 Å². The summed E-state index contributed by atoms with van der Waals surface area (Å²) in [5, 5.41) is 5.03. The van der Waals surface area contributed by atoms with Gasteiger partial charge in [-0.05, 0) is 94.9 Å². The minimum atomic E-state index is -0.544. The minimum absolute atomic E-state index is 0.153. The Morgan fingerprint density at radius 3 is 2.43 bits per heavy atom. The van der Waals surface area contributed by atoms with E-state index >= 15 is 0 Å². The van der Waals surface area contributed by atoms with Crippen LogP contribution in [0.1, 0.15) is 15.2 Å². The van der Waals surface area contributed by atoms with Crippen LogP contribution >= 0.6 is 45.5 Å². The van der Waals surface area contributed by atoms with E-state index in [0.717, 1.165) is 13.7 Å². The van der Waals surface area contributed by atoms with E-state index in [1.54, 1.807) is 49.6 Å². The van der Waals surface area contributed by atoms with Gasteiger partial charge in [0, 0.05) is 13.7 Å². The Kier molecular flexibility index (Phi) is 8.21. The van der Waals surface area contributed by atoms with Crippen molar-refractivity contribution in [1.29, 1.82) is 0 Å². The maximum absolute atomic E-state index is 12.7. The van der Waals surface area contributed by atoms with Crippen molar-refractivity contribution in [1.82, 2.24) is 5.43 Å². The molecule has 0 saturated heterocycles. The molecule has 3 aromatic carbocycles. The molecule has 4 rings (SSSR count). The standard InChI is InChI=1S/C25H18ClIN2O5S/c1-32-19-10-11-20-21(12-19)35-24(23(20)26)25(31)34-18-6-2-15(3-7-18)13-28-29-22(30)14-33-17-8-4-16(27)5-9-17/h2-13H,14H2,1H3,(H,29,30)/b28-13-. The van der Waals surface area contributed by atoms with Crippen molar-refractivity contribution in [3.63, 3.8) is 0 Å². The molecule has 0 saturated carbocycles. The topological polar surface area (TPSA) is 86.2 Å². The SMILES string of the molecule is COc1ccc2c(Cl)c(C(=O)Oc3ccc(/C=N\NC(=O)COc4ccc(I)cc4)cc3)sc2c1. The number of ether oxygens (including phenoxy) is 3. The van der Waals surface area contributed by atoms with Crippen LogP contribution < -0.4 is 19.6 Å². The first-order valence-electron chi connectivity index (χ1n) is 10.2. The van der Waals surface area contributed by atoms with Crippen molar-refractivity contribution in [2.45, 2.75) is 0 Å². The van der Waals surface area contributed by atoms with E-state index < -0.39 is 5.97 Å². The summed E-state index contributed by atoms with van der Waals surface area (Å²) in [6.45, 7) is -0.153. The van der Waals surface area contributed by atoms with E-state index in [2.05, 4.69) is 33.1 Å². The number of carbonyl (C=O) groups excluding carboxylic acids is 2. The number of amides is 1. The quantitative estimate of drug-likeness (QED) is 0.0870. The first-order valence-corrected chi connectivity index (χ1v) is 12.5. The monoisotopic (exact) mass is 620 g/mol. The Morgan fingerprint density at radius 2 is 1.71 bits per heavy atom. The van der Waals surface area contributed by atoms with E-state index in [1.165, 1.54) is 17.6 Å². The number of hydrogen-bond donors (Lipinski definition) is 1. The number of rotatable bonds is 8. The van der Waals surface area contributed by atoms with E-state index in [4.69, 9.17) is 25.8 Å². The molecule has 0 aliphatic rings. The van der Waals surface area contributed by atoms with E-state index in [-0.39, 0.29) is 12.5 Å². The van der Waals surface area contributed by atoms with Crippen molar-refractivity contribution in [2.24, 2.45) is 5.10 Å². The third-order valence-electron chi connectivity index (χ3n) is 4.70. The number of hydrazone groups is 1. The molecule has 1 aromatic heterocycles. The van der Waals surface area contributed by atoms with Crippen LogP contribution in [0.5, 0.6) is 17.2 Å². The van der Waals surface area contributed by atoms with Crippen LogP contribution in [-0.4, -0.2) is 31.8 Å². The van der Waals surface area contributed by atoms with Crippen molar-refractivity contribution in [3.05, 3.63) is 85.8 Å². The predicted octanol–water partition coefficient (Wildman–Crippen LogP) is 5.92. The highest BCUT2D eigenvalue weighted by Gasteiger charge is 2.19. The molecule has 0 radical (unpaired) electrons. The maximum atomic E-state index is 12.7. The molecule has 0 aliphatic heterocycles. The van der Waals surface area contributed by atoms with Crippen LogP contribution in [0.15, 0.2) is 71.8 Å². The number of fused-ring (bicyclic) bond motifs is 1. The molecule has 4 aromatic rings. The summed E-state index contributed by atoms with van der Waals surface area (Å²) in [7, 11) is 1.58. The number of methoxy groups -OCH3 is 1. The first-order chi connectivity index (χ1) is 16.9. The number of nitrogens with zero attached hydrogens (tertiary/aromatic N) is 1. The van der Waals surface area contributed by atoms with Crippen LogP contribution in [0.2, 0.25) is 5.02 Å². The summed E-state index contributed by atoms with van der Waals surface area (Å²) in [4.78, 5) is 24.9. The summed E-state index contributed by atoms with van der Waals surface area (Å²) in [5.74, 6) is 0.710. The Balaban J connectivity index is 1.30. The smallest absolute Gasteiger partial charge is 0.355 e. The van der Waals surface area contributed by atoms with Crippen molar-refractivity contribution in [2.75, 3.05) is 13.7 Å². The molecule has 7 nitrogen and oxygen atoms in total. The number of thiophene rings is 1. The lowest BCUT2D eigenvalue weighted by Gasteiger charge is -2.05. The predicted molar refractivity (Wildman–Crippen MR) is 145 cm³/mol. The Labute approximate surface area is 223 Å². The molecule has 178 valence electrons. The highest BCUT2D eigenvalue weighted by Crippen LogP contribution is 2.37. The zero-order valence-corrected chi connectivity index (χ0v) is 22.0. The lowest BCUT2D eigenvalue weighted by atomic mass is 10.2. The van der Waals surface area contributed by atoms with Gasteiger partial charge in [0.1, 0.15) is 22.1 Å². The average molecular weight is 621 g/mol. The van der Waals surface area contributed by atoms with Gasteiger partial charge >= 0.3 is 5.97 Å². The van der Waals surface area contributed by atoms with Crippen LogP contribution in [0, 0.1) is 3.57 Å². The number of benzene rings is 3. The van der Waals surface area contributed by atoms with Crippen LogP contribution in [0.25, 0.3) is 10.1 Å². The van der Waals surface area contributed by atoms with Crippen molar-refractivity contribution >= 4 is 73.7 Å². The molecule has 35 heavy (non-hydrogen) atoms. The van der Waals surface area contributed by atoms with Gasteiger partial charge in [-0.1, -0.05) is 11.6 Å². The second kappa shape index (κ2) is 11.5. The Morgan fingerprint density at radius 1 is 1.03 bits per heavy atom. The molecule has 1 amide bonds. The zero-order chi connectivity index (χ0) is 24.8. The molecule has 1 heterocycles. The molecule has 0 fully saturated rings. The highest BCUT2D eigenvalue weighted by molar-refractivity contribution is 14.1. The summed E-state index contributed by atoms with van der Waals surface area (Å²) in [6.07, 6.45) is 1.48. The van der Waals surface area contributed by atoms with Crippen molar-refractivity contribution < 1.29 is 23.8 Å². The fourth-order valence-electron chi connectivity index (χ4n) is 2.97. The molecule has 1 N–H and O–H groups in total. The van der Waals surface area contributed by atoms with Gasteiger partial charge in [0.25, 0.3) is 5.91 Å². The lowest BCUT2D eigenvalue weighted by Crippen LogP contribution is -2.24. The average Bonchev–Trinajstić information content (AvgIpc) is 3.20. The van der Waals surface area contributed by atoms with Crippen LogP contribution in [0.3, 0.4) is 0 Å². The van der Waals surface area contributed by atoms with Gasteiger partial charge < -0.3 is 14.2 Å². The fraction of sp³-hybridized carbons (Fsp3) is 0.0800. The van der Waals surface area contributed by atoms with Gasteiger partial charge in [-0.2, -0.15) is 5.10 Å². The van der Waals surface area contributed by atoms with Gasteiger partial charge in [-0.25, -0.2) is 10.2 Å². The van der Waals surface area contributed by atoms with Gasteiger partial charge in [-0.15, -0.1) is 11.3 Å². The molecule has 0 spiro atoms. The molecule has 0 unspecified atom stereocenters. The van der Waals surface area contributed by atoms with E-state index in [0.29, 0.717) is 32.7 Å². The maximum Gasteiger partial charge on any atom is 0.355 e. The fourth-order valence-corrected chi connectivity index (χ4v) is 4.74. The summed E-state index contributed by atoms with van der Waals surface area (Å²) in [6, 6.07) is 19.5.